The van der Waals surface area contributed by atoms with E-state index in [2.05, 4.69) is 37.5 Å². The van der Waals surface area contributed by atoms with Crippen LogP contribution in [0.4, 0.5) is 5.69 Å². The van der Waals surface area contributed by atoms with Gasteiger partial charge in [-0.05, 0) is 59.0 Å². The number of H-pyrrole nitrogens is 1. The maximum Gasteiger partial charge on any atom is 0.261 e. The van der Waals surface area contributed by atoms with Crippen molar-refractivity contribution in [1.29, 1.82) is 0 Å². The highest BCUT2D eigenvalue weighted by atomic mass is 127. The van der Waals surface area contributed by atoms with Gasteiger partial charge in [0.25, 0.3) is 10.0 Å². The van der Waals surface area contributed by atoms with Gasteiger partial charge in [0.15, 0.2) is 0 Å². The van der Waals surface area contributed by atoms with E-state index in [0.717, 1.165) is 14.5 Å². The number of halogens is 1. The minimum Gasteiger partial charge on any atom is -0.279 e. The van der Waals surface area contributed by atoms with Crippen LogP contribution in [0.1, 0.15) is 0 Å². The predicted molar refractivity (Wildman–Crippen MR) is 86.1 cm³/mol. The quantitative estimate of drug-likeness (QED) is 0.666. The molecule has 0 aliphatic carbocycles. The van der Waals surface area contributed by atoms with E-state index in [4.69, 9.17) is 0 Å². The van der Waals surface area contributed by atoms with Crippen LogP contribution >= 0.6 is 22.6 Å². The van der Waals surface area contributed by atoms with Gasteiger partial charge in [-0.2, -0.15) is 5.10 Å². The molecule has 3 aromatic rings. The Morgan fingerprint density at radius 1 is 1.10 bits per heavy atom. The normalized spacial score (nSPS) is 11.7. The molecule has 3 rings (SSSR count). The van der Waals surface area contributed by atoms with E-state index in [1.807, 2.05) is 6.07 Å². The average molecular weight is 399 g/mol. The Balaban J connectivity index is 2.01. The number of hydrogen-bond donors (Lipinski definition) is 2. The molecule has 0 aliphatic heterocycles. The van der Waals surface area contributed by atoms with Crippen LogP contribution in [0.3, 0.4) is 0 Å². The van der Waals surface area contributed by atoms with E-state index < -0.39 is 10.0 Å². The molecule has 0 aliphatic rings. The number of aromatic nitrogens is 2. The zero-order chi connectivity index (χ0) is 14.2. The Morgan fingerprint density at radius 2 is 1.85 bits per heavy atom. The second kappa shape index (κ2) is 5.06. The molecule has 0 saturated heterocycles. The fraction of sp³-hybridized carbons (Fsp3) is 0. The van der Waals surface area contributed by atoms with Crippen molar-refractivity contribution in [3.05, 3.63) is 52.2 Å². The lowest BCUT2D eigenvalue weighted by Gasteiger charge is -2.09. The fourth-order valence-electron chi connectivity index (χ4n) is 1.87. The van der Waals surface area contributed by atoms with E-state index in [0.29, 0.717) is 5.69 Å². The molecule has 0 saturated carbocycles. The van der Waals surface area contributed by atoms with Crippen molar-refractivity contribution in [3.8, 4) is 0 Å². The molecule has 0 spiro atoms. The number of hydrogen-bond acceptors (Lipinski definition) is 3. The lowest BCUT2D eigenvalue weighted by molar-refractivity contribution is 0.601. The molecule has 5 nitrogen and oxygen atoms in total. The first kappa shape index (κ1) is 13.4. The second-order valence-electron chi connectivity index (χ2n) is 4.20. The molecule has 0 atom stereocenters. The van der Waals surface area contributed by atoms with E-state index in [1.54, 1.807) is 42.6 Å². The molecule has 7 heteroatoms. The highest BCUT2D eigenvalue weighted by Gasteiger charge is 2.15. The van der Waals surface area contributed by atoms with Crippen LogP contribution in [0.15, 0.2) is 53.6 Å². The van der Waals surface area contributed by atoms with Crippen LogP contribution in [-0.2, 0) is 10.0 Å². The molecule has 2 aromatic carbocycles. The molecule has 1 aromatic heterocycles. The topological polar surface area (TPSA) is 74.8 Å². The summed E-state index contributed by atoms with van der Waals surface area (Å²) < 4.78 is 28.2. The monoisotopic (exact) mass is 399 g/mol. The maximum atomic E-state index is 12.3. The second-order valence-corrected chi connectivity index (χ2v) is 7.12. The lowest BCUT2D eigenvalue weighted by atomic mass is 10.2. The fourth-order valence-corrected chi connectivity index (χ4v) is 3.31. The number of nitrogens with one attached hydrogen (secondary N) is 2. The van der Waals surface area contributed by atoms with Crippen LogP contribution in [0, 0.1) is 3.57 Å². The Labute approximate surface area is 129 Å². The van der Waals surface area contributed by atoms with Gasteiger partial charge in [-0.1, -0.05) is 6.07 Å². The highest BCUT2D eigenvalue weighted by Crippen LogP contribution is 2.24. The average Bonchev–Trinajstić information content (AvgIpc) is 2.88. The largest absolute Gasteiger partial charge is 0.279 e. The molecule has 20 heavy (non-hydrogen) atoms. The molecule has 2 N–H and O–H groups in total. The Kier molecular flexibility index (Phi) is 3.38. The Bertz CT molecular complexity index is 857. The Hall–Kier alpha value is -1.61. The van der Waals surface area contributed by atoms with Crippen molar-refractivity contribution >= 4 is 49.2 Å². The SMILES string of the molecule is O=S(=O)(Nc1cccc2[nH]ncc12)c1ccc(I)cc1. The lowest BCUT2D eigenvalue weighted by Crippen LogP contribution is -2.13. The predicted octanol–water partition coefficient (Wildman–Crippen LogP) is 2.97. The van der Waals surface area contributed by atoms with Crippen molar-refractivity contribution in [2.45, 2.75) is 4.90 Å². The van der Waals surface area contributed by atoms with Gasteiger partial charge >= 0.3 is 0 Å². The van der Waals surface area contributed by atoms with Crippen LogP contribution in [0.25, 0.3) is 10.9 Å². The number of fused-ring (bicyclic) bond motifs is 1. The number of anilines is 1. The summed E-state index contributed by atoms with van der Waals surface area (Å²) in [5.41, 5.74) is 1.29. The molecule has 0 unspecified atom stereocenters. The first-order valence-corrected chi connectivity index (χ1v) is 8.33. The summed E-state index contributed by atoms with van der Waals surface area (Å²) >= 11 is 2.13. The van der Waals surface area contributed by atoms with Crippen molar-refractivity contribution < 1.29 is 8.42 Å². The summed E-state index contributed by atoms with van der Waals surface area (Å²) in [4.78, 5) is 0.235. The van der Waals surface area contributed by atoms with Gasteiger partial charge in [-0.3, -0.25) is 9.82 Å². The van der Waals surface area contributed by atoms with E-state index >= 15 is 0 Å². The summed E-state index contributed by atoms with van der Waals surface area (Å²) in [7, 11) is -3.59. The van der Waals surface area contributed by atoms with Gasteiger partial charge in [0.05, 0.1) is 22.3 Å². The third kappa shape index (κ3) is 2.50. The number of benzene rings is 2. The molecule has 1 heterocycles. The summed E-state index contributed by atoms with van der Waals surface area (Å²) in [5.74, 6) is 0. The van der Waals surface area contributed by atoms with Gasteiger partial charge in [0.2, 0.25) is 0 Å². The summed E-state index contributed by atoms with van der Waals surface area (Å²) in [6, 6.07) is 12.0. The third-order valence-corrected chi connectivity index (χ3v) is 4.95. The van der Waals surface area contributed by atoms with Crippen LogP contribution < -0.4 is 4.72 Å². The summed E-state index contributed by atoms with van der Waals surface area (Å²) in [6.45, 7) is 0. The van der Waals surface area contributed by atoms with Gasteiger partial charge in [0.1, 0.15) is 0 Å². The third-order valence-electron chi connectivity index (χ3n) is 2.85. The van der Waals surface area contributed by atoms with Gasteiger partial charge < -0.3 is 0 Å². The first-order valence-electron chi connectivity index (χ1n) is 5.77. The smallest absolute Gasteiger partial charge is 0.261 e. The van der Waals surface area contributed by atoms with Crippen molar-refractivity contribution in [2.24, 2.45) is 0 Å². The molecule has 0 bridgehead atoms. The van der Waals surface area contributed by atoms with E-state index in [9.17, 15) is 8.42 Å². The highest BCUT2D eigenvalue weighted by molar-refractivity contribution is 14.1. The van der Waals surface area contributed by atoms with Crippen molar-refractivity contribution in [1.82, 2.24) is 10.2 Å². The van der Waals surface area contributed by atoms with Crippen LogP contribution in [0.5, 0.6) is 0 Å². The molecule has 102 valence electrons. The minimum atomic E-state index is -3.59. The standard InChI is InChI=1S/C13H10IN3O2S/c14-9-4-6-10(7-5-9)20(18,19)17-13-3-1-2-12-11(13)8-15-16-12/h1-8,17H,(H,15,16). The summed E-state index contributed by atoms with van der Waals surface area (Å²) in [6.07, 6.45) is 1.60. The minimum absolute atomic E-state index is 0.235. The van der Waals surface area contributed by atoms with Crippen LogP contribution in [0.2, 0.25) is 0 Å². The molecule has 0 radical (unpaired) electrons. The number of rotatable bonds is 3. The molecule has 0 fully saturated rings. The van der Waals surface area contributed by atoms with Crippen molar-refractivity contribution in [2.75, 3.05) is 4.72 Å². The number of aromatic amines is 1. The number of nitrogens with zero attached hydrogens (tertiary/aromatic N) is 1. The number of sulfonamides is 1. The van der Waals surface area contributed by atoms with Crippen LogP contribution in [-0.4, -0.2) is 18.6 Å². The van der Waals surface area contributed by atoms with Crippen molar-refractivity contribution in [3.63, 3.8) is 0 Å². The molecular weight excluding hydrogens is 389 g/mol. The first-order chi connectivity index (χ1) is 9.56. The zero-order valence-corrected chi connectivity index (χ0v) is 13.1. The van der Waals surface area contributed by atoms with E-state index in [1.165, 1.54) is 0 Å². The van der Waals surface area contributed by atoms with Gasteiger partial charge in [-0.25, -0.2) is 8.42 Å². The zero-order valence-electron chi connectivity index (χ0n) is 10.2. The van der Waals surface area contributed by atoms with Gasteiger partial charge in [0, 0.05) is 8.96 Å². The van der Waals surface area contributed by atoms with E-state index in [-0.39, 0.29) is 4.90 Å². The molecular formula is C13H10IN3O2S. The summed E-state index contributed by atoms with van der Waals surface area (Å²) in [5, 5.41) is 7.46. The van der Waals surface area contributed by atoms with Gasteiger partial charge in [-0.15, -0.1) is 0 Å². The molecule has 0 amide bonds. The Morgan fingerprint density at radius 3 is 2.60 bits per heavy atom. The maximum absolute atomic E-state index is 12.3.